The third kappa shape index (κ3) is 3.42. The van der Waals surface area contributed by atoms with Gasteiger partial charge in [0.15, 0.2) is 0 Å². The van der Waals surface area contributed by atoms with E-state index < -0.39 is 0 Å². The van der Waals surface area contributed by atoms with Crippen LogP contribution >= 0.6 is 27.5 Å². The number of rotatable bonds is 4. The predicted octanol–water partition coefficient (Wildman–Crippen LogP) is 3.64. The number of alkyl halides is 1. The van der Waals surface area contributed by atoms with Gasteiger partial charge in [-0.2, -0.15) is 0 Å². The van der Waals surface area contributed by atoms with Gasteiger partial charge < -0.3 is 10.1 Å². The number of nitrogens with one attached hydrogen (secondary N) is 1. The second kappa shape index (κ2) is 6.62. The molecule has 0 saturated heterocycles. The van der Waals surface area contributed by atoms with E-state index in [0.29, 0.717) is 22.3 Å². The lowest BCUT2D eigenvalue weighted by molar-refractivity contribution is 0.0927. The van der Waals surface area contributed by atoms with E-state index >= 15 is 0 Å². The molecule has 0 spiro atoms. The Bertz CT molecular complexity index is 467. The minimum Gasteiger partial charge on any atom is -0.496 e. The summed E-state index contributed by atoms with van der Waals surface area (Å²) in [7, 11) is 1.55. The van der Waals surface area contributed by atoms with Crippen LogP contribution in [0, 0.1) is 5.92 Å². The molecule has 1 aromatic carbocycles. The van der Waals surface area contributed by atoms with E-state index in [1.54, 1.807) is 25.3 Å². The van der Waals surface area contributed by atoms with E-state index in [1.807, 2.05) is 0 Å². The van der Waals surface area contributed by atoms with Crippen LogP contribution < -0.4 is 10.1 Å². The fraction of sp³-hybridized carbons (Fsp3) is 0.500. The molecule has 1 saturated carbocycles. The van der Waals surface area contributed by atoms with Gasteiger partial charge in [0.25, 0.3) is 5.91 Å². The van der Waals surface area contributed by atoms with Crippen molar-refractivity contribution < 1.29 is 9.53 Å². The maximum atomic E-state index is 12.3. The summed E-state index contributed by atoms with van der Waals surface area (Å²) in [5.74, 6) is 0.946. The number of halogens is 2. The molecule has 0 heterocycles. The standard InChI is InChI=1S/C14H17BrClNO2/c1-19-13-6-5-10(16)7-11(13)14(18)17-12-4-2-3-9(12)8-15/h5-7,9,12H,2-4,8H2,1H3,(H,17,18). The first-order chi connectivity index (χ1) is 9.15. The van der Waals surface area contributed by atoms with E-state index in [-0.39, 0.29) is 11.9 Å². The van der Waals surface area contributed by atoms with Crippen LogP contribution in [-0.4, -0.2) is 24.4 Å². The summed E-state index contributed by atoms with van der Waals surface area (Å²) in [5.41, 5.74) is 0.496. The Hall–Kier alpha value is -0.740. The largest absolute Gasteiger partial charge is 0.496 e. The van der Waals surface area contributed by atoms with Crippen LogP contribution in [0.5, 0.6) is 5.75 Å². The zero-order valence-corrected chi connectivity index (χ0v) is 13.1. The Kier molecular flexibility index (Phi) is 5.11. The molecule has 104 valence electrons. The van der Waals surface area contributed by atoms with E-state index in [9.17, 15) is 4.79 Å². The molecule has 2 unspecified atom stereocenters. The number of carbonyl (C=O) groups is 1. The topological polar surface area (TPSA) is 38.3 Å². The van der Waals surface area contributed by atoms with Gasteiger partial charge in [-0.05, 0) is 37.0 Å². The third-order valence-electron chi connectivity index (χ3n) is 3.58. The molecule has 1 N–H and O–H groups in total. The van der Waals surface area contributed by atoms with Crippen molar-refractivity contribution >= 4 is 33.4 Å². The highest BCUT2D eigenvalue weighted by Crippen LogP contribution is 2.28. The van der Waals surface area contributed by atoms with Crippen LogP contribution in [-0.2, 0) is 0 Å². The molecule has 0 bridgehead atoms. The van der Waals surface area contributed by atoms with Crippen LogP contribution in [0.2, 0.25) is 5.02 Å². The van der Waals surface area contributed by atoms with Crippen LogP contribution in [0.15, 0.2) is 18.2 Å². The number of hydrogen-bond acceptors (Lipinski definition) is 2. The molecule has 1 fully saturated rings. The van der Waals surface area contributed by atoms with Crippen LogP contribution in [0.25, 0.3) is 0 Å². The van der Waals surface area contributed by atoms with Gasteiger partial charge in [0.1, 0.15) is 5.75 Å². The highest BCUT2D eigenvalue weighted by molar-refractivity contribution is 9.09. The molecule has 3 nitrogen and oxygen atoms in total. The van der Waals surface area contributed by atoms with Gasteiger partial charge >= 0.3 is 0 Å². The van der Waals surface area contributed by atoms with Gasteiger partial charge in [-0.15, -0.1) is 0 Å². The second-order valence-electron chi connectivity index (χ2n) is 4.77. The molecule has 2 rings (SSSR count). The lowest BCUT2D eigenvalue weighted by Gasteiger charge is -2.19. The number of methoxy groups -OCH3 is 1. The van der Waals surface area contributed by atoms with Crippen molar-refractivity contribution in [2.24, 2.45) is 5.92 Å². The molecule has 1 aromatic rings. The summed E-state index contributed by atoms with van der Waals surface area (Å²) in [6.45, 7) is 0. The van der Waals surface area contributed by atoms with E-state index in [2.05, 4.69) is 21.2 Å². The summed E-state index contributed by atoms with van der Waals surface area (Å²) < 4.78 is 5.21. The SMILES string of the molecule is COc1ccc(Cl)cc1C(=O)NC1CCCC1CBr. The average Bonchev–Trinajstić information content (AvgIpc) is 2.85. The summed E-state index contributed by atoms with van der Waals surface area (Å²) >= 11 is 9.45. The number of carbonyl (C=O) groups excluding carboxylic acids is 1. The molecular weight excluding hydrogens is 330 g/mol. The van der Waals surface area contributed by atoms with Crippen molar-refractivity contribution in [3.8, 4) is 5.75 Å². The predicted molar refractivity (Wildman–Crippen MR) is 80.4 cm³/mol. The summed E-state index contributed by atoms with van der Waals surface area (Å²) in [4.78, 5) is 12.3. The zero-order valence-electron chi connectivity index (χ0n) is 10.8. The lowest BCUT2D eigenvalue weighted by Crippen LogP contribution is -2.38. The molecule has 1 aliphatic carbocycles. The van der Waals surface area contributed by atoms with Gasteiger partial charge in [0.05, 0.1) is 12.7 Å². The molecule has 19 heavy (non-hydrogen) atoms. The molecular formula is C14H17BrClNO2. The maximum Gasteiger partial charge on any atom is 0.255 e. The zero-order chi connectivity index (χ0) is 13.8. The van der Waals surface area contributed by atoms with Crippen molar-refractivity contribution in [2.75, 3.05) is 12.4 Å². The van der Waals surface area contributed by atoms with Crippen LogP contribution in [0.1, 0.15) is 29.6 Å². The Labute approximate surface area is 126 Å². The van der Waals surface area contributed by atoms with Gasteiger partial charge in [-0.3, -0.25) is 4.79 Å². The Morgan fingerprint density at radius 3 is 3.00 bits per heavy atom. The highest BCUT2D eigenvalue weighted by atomic mass is 79.9. The van der Waals surface area contributed by atoms with E-state index in [1.165, 1.54) is 0 Å². The number of hydrogen-bond donors (Lipinski definition) is 1. The van der Waals surface area contributed by atoms with Gasteiger partial charge in [0, 0.05) is 16.4 Å². The minimum atomic E-state index is -0.114. The summed E-state index contributed by atoms with van der Waals surface area (Å²) in [5, 5.41) is 4.55. The van der Waals surface area contributed by atoms with E-state index in [4.69, 9.17) is 16.3 Å². The molecule has 0 aromatic heterocycles. The molecule has 1 aliphatic rings. The normalized spacial score (nSPS) is 22.3. The van der Waals surface area contributed by atoms with Crippen molar-refractivity contribution in [3.05, 3.63) is 28.8 Å². The lowest BCUT2D eigenvalue weighted by atomic mass is 10.1. The Morgan fingerprint density at radius 2 is 2.32 bits per heavy atom. The maximum absolute atomic E-state index is 12.3. The highest BCUT2D eigenvalue weighted by Gasteiger charge is 2.28. The molecule has 2 atom stereocenters. The molecule has 5 heteroatoms. The smallest absolute Gasteiger partial charge is 0.255 e. The van der Waals surface area contributed by atoms with Crippen molar-refractivity contribution in [1.82, 2.24) is 5.32 Å². The first kappa shape index (κ1) is 14.7. The Balaban J connectivity index is 2.13. The van der Waals surface area contributed by atoms with Crippen LogP contribution in [0.3, 0.4) is 0 Å². The summed E-state index contributed by atoms with van der Waals surface area (Å²) in [6.07, 6.45) is 3.35. The molecule has 1 amide bonds. The molecule has 0 aliphatic heterocycles. The number of benzene rings is 1. The monoisotopic (exact) mass is 345 g/mol. The van der Waals surface area contributed by atoms with E-state index in [0.717, 1.165) is 24.6 Å². The number of amides is 1. The molecule has 0 radical (unpaired) electrons. The first-order valence-corrected chi connectivity index (χ1v) is 7.86. The first-order valence-electron chi connectivity index (χ1n) is 6.36. The fourth-order valence-electron chi connectivity index (χ4n) is 2.52. The van der Waals surface area contributed by atoms with Crippen molar-refractivity contribution in [3.63, 3.8) is 0 Å². The number of ether oxygens (including phenoxy) is 1. The fourth-order valence-corrected chi connectivity index (χ4v) is 3.46. The van der Waals surface area contributed by atoms with Gasteiger partial charge in [0.2, 0.25) is 0 Å². The quantitative estimate of drug-likeness (QED) is 0.845. The second-order valence-corrected chi connectivity index (χ2v) is 5.85. The van der Waals surface area contributed by atoms with Crippen LogP contribution in [0.4, 0.5) is 0 Å². The average molecular weight is 347 g/mol. The minimum absolute atomic E-state index is 0.114. The van der Waals surface area contributed by atoms with Gasteiger partial charge in [-0.1, -0.05) is 34.0 Å². The third-order valence-corrected chi connectivity index (χ3v) is 4.65. The Morgan fingerprint density at radius 1 is 1.53 bits per heavy atom. The van der Waals surface area contributed by atoms with Gasteiger partial charge in [-0.25, -0.2) is 0 Å². The summed E-state index contributed by atoms with van der Waals surface area (Å²) in [6, 6.07) is 5.31. The van der Waals surface area contributed by atoms with Crippen molar-refractivity contribution in [1.29, 1.82) is 0 Å². The van der Waals surface area contributed by atoms with Crippen molar-refractivity contribution in [2.45, 2.75) is 25.3 Å².